The van der Waals surface area contributed by atoms with Crippen molar-refractivity contribution < 1.29 is 13.7 Å². The lowest BCUT2D eigenvalue weighted by atomic mass is 10.1. The summed E-state index contributed by atoms with van der Waals surface area (Å²) in [6.45, 7) is 2.46. The van der Waals surface area contributed by atoms with E-state index in [1.54, 1.807) is 17.0 Å². The first kappa shape index (κ1) is 15.5. The van der Waals surface area contributed by atoms with Crippen molar-refractivity contribution in [3.63, 3.8) is 0 Å². The number of nitrogens with zero attached hydrogens (tertiary/aromatic N) is 3. The van der Waals surface area contributed by atoms with E-state index in [2.05, 4.69) is 10.1 Å². The van der Waals surface area contributed by atoms with Gasteiger partial charge in [0.1, 0.15) is 5.82 Å². The van der Waals surface area contributed by atoms with Crippen molar-refractivity contribution in [1.29, 1.82) is 0 Å². The molecular weight excluding hydrogens is 321 g/mol. The maximum atomic E-state index is 13.1. The monoisotopic (exact) mass is 337 g/mol. The predicted octanol–water partition coefficient (Wildman–Crippen LogP) is 3.70. The summed E-state index contributed by atoms with van der Waals surface area (Å²) in [6, 6.07) is 13.7. The van der Waals surface area contributed by atoms with Crippen molar-refractivity contribution in [2.45, 2.75) is 19.3 Å². The second kappa shape index (κ2) is 6.12. The fourth-order valence-electron chi connectivity index (χ4n) is 2.96. The molecule has 1 aromatic heterocycles. The normalized spacial score (nSPS) is 17.3. The fourth-order valence-corrected chi connectivity index (χ4v) is 2.96. The maximum absolute atomic E-state index is 13.1. The van der Waals surface area contributed by atoms with Gasteiger partial charge >= 0.3 is 0 Å². The van der Waals surface area contributed by atoms with Crippen molar-refractivity contribution in [1.82, 2.24) is 10.1 Å². The SMILES string of the molecule is Cc1ccc(-c2noc([C@@H]3CC(=O)N(c4ccc(F)cc4)C3)n2)cc1. The molecule has 2 heterocycles. The molecule has 126 valence electrons. The van der Waals surface area contributed by atoms with Gasteiger partial charge in [0.15, 0.2) is 0 Å². The van der Waals surface area contributed by atoms with Crippen LogP contribution in [0.15, 0.2) is 53.1 Å². The Kier molecular flexibility index (Phi) is 3.80. The maximum Gasteiger partial charge on any atom is 0.232 e. The van der Waals surface area contributed by atoms with Crippen LogP contribution in [-0.2, 0) is 4.79 Å². The predicted molar refractivity (Wildman–Crippen MR) is 90.6 cm³/mol. The summed E-state index contributed by atoms with van der Waals surface area (Å²) < 4.78 is 18.4. The molecule has 1 saturated heterocycles. The van der Waals surface area contributed by atoms with Crippen LogP contribution in [0.5, 0.6) is 0 Å². The molecule has 0 spiro atoms. The summed E-state index contributed by atoms with van der Waals surface area (Å²) in [5.74, 6) is 0.443. The van der Waals surface area contributed by atoms with Crippen molar-refractivity contribution >= 4 is 11.6 Å². The molecule has 1 fully saturated rings. The van der Waals surface area contributed by atoms with Crippen LogP contribution in [0, 0.1) is 12.7 Å². The number of carbonyl (C=O) groups excluding carboxylic acids is 1. The zero-order valence-electron chi connectivity index (χ0n) is 13.6. The molecule has 6 heteroatoms. The van der Waals surface area contributed by atoms with Gasteiger partial charge in [-0.1, -0.05) is 35.0 Å². The summed E-state index contributed by atoms with van der Waals surface area (Å²) >= 11 is 0. The Bertz CT molecular complexity index is 903. The van der Waals surface area contributed by atoms with E-state index in [0.29, 0.717) is 30.4 Å². The van der Waals surface area contributed by atoms with Gasteiger partial charge in [0, 0.05) is 24.2 Å². The minimum Gasteiger partial charge on any atom is -0.339 e. The highest BCUT2D eigenvalue weighted by molar-refractivity contribution is 5.96. The number of carbonyl (C=O) groups is 1. The number of hydrogen-bond acceptors (Lipinski definition) is 4. The van der Waals surface area contributed by atoms with Gasteiger partial charge in [-0.3, -0.25) is 4.79 Å². The second-order valence-electron chi connectivity index (χ2n) is 6.20. The number of rotatable bonds is 3. The molecule has 1 amide bonds. The molecule has 25 heavy (non-hydrogen) atoms. The lowest BCUT2D eigenvalue weighted by molar-refractivity contribution is -0.117. The highest BCUT2D eigenvalue weighted by Crippen LogP contribution is 2.32. The van der Waals surface area contributed by atoms with Crippen LogP contribution in [0.3, 0.4) is 0 Å². The molecule has 0 saturated carbocycles. The Morgan fingerprint density at radius 2 is 1.84 bits per heavy atom. The van der Waals surface area contributed by atoms with Crippen LogP contribution >= 0.6 is 0 Å². The number of benzene rings is 2. The number of amides is 1. The molecule has 0 unspecified atom stereocenters. The zero-order valence-corrected chi connectivity index (χ0v) is 13.6. The van der Waals surface area contributed by atoms with E-state index in [0.717, 1.165) is 11.1 Å². The molecule has 4 rings (SSSR count). The van der Waals surface area contributed by atoms with Crippen LogP contribution in [-0.4, -0.2) is 22.6 Å². The van der Waals surface area contributed by atoms with E-state index in [-0.39, 0.29) is 17.6 Å². The molecule has 0 N–H and O–H groups in total. The van der Waals surface area contributed by atoms with Crippen molar-refractivity contribution in [3.05, 3.63) is 65.8 Å². The first-order valence-electron chi connectivity index (χ1n) is 8.07. The first-order chi connectivity index (χ1) is 12.1. The van der Waals surface area contributed by atoms with E-state index >= 15 is 0 Å². The van der Waals surface area contributed by atoms with Crippen molar-refractivity contribution in [2.24, 2.45) is 0 Å². The number of hydrogen-bond donors (Lipinski definition) is 0. The highest BCUT2D eigenvalue weighted by atomic mass is 19.1. The molecular formula is C19H16FN3O2. The Morgan fingerprint density at radius 3 is 2.56 bits per heavy atom. The standard InChI is InChI=1S/C19H16FN3O2/c1-12-2-4-13(5-3-12)18-21-19(25-22-18)14-10-17(24)23(11-14)16-8-6-15(20)7-9-16/h2-9,14H,10-11H2,1H3/t14-/m1/s1. The van der Waals surface area contributed by atoms with Gasteiger partial charge in [-0.05, 0) is 31.2 Å². The summed E-state index contributed by atoms with van der Waals surface area (Å²) in [6.07, 6.45) is 0.299. The third-order valence-corrected chi connectivity index (χ3v) is 4.36. The van der Waals surface area contributed by atoms with Crippen LogP contribution in [0.1, 0.15) is 23.8 Å². The number of aromatic nitrogens is 2. The molecule has 0 bridgehead atoms. The van der Waals surface area contributed by atoms with E-state index < -0.39 is 0 Å². The van der Waals surface area contributed by atoms with Crippen LogP contribution < -0.4 is 4.90 Å². The Morgan fingerprint density at radius 1 is 1.12 bits per heavy atom. The lowest BCUT2D eigenvalue weighted by Crippen LogP contribution is -2.24. The molecule has 1 aliphatic heterocycles. The van der Waals surface area contributed by atoms with Gasteiger partial charge in [0.25, 0.3) is 0 Å². The molecule has 0 aliphatic carbocycles. The van der Waals surface area contributed by atoms with Crippen LogP contribution in [0.2, 0.25) is 0 Å². The second-order valence-corrected chi connectivity index (χ2v) is 6.20. The average molecular weight is 337 g/mol. The molecule has 2 aromatic carbocycles. The fraction of sp³-hybridized carbons (Fsp3) is 0.211. The molecule has 1 aliphatic rings. The quantitative estimate of drug-likeness (QED) is 0.731. The highest BCUT2D eigenvalue weighted by Gasteiger charge is 2.35. The van der Waals surface area contributed by atoms with Gasteiger partial charge < -0.3 is 9.42 Å². The zero-order chi connectivity index (χ0) is 17.4. The van der Waals surface area contributed by atoms with Gasteiger partial charge in [0.2, 0.25) is 17.6 Å². The summed E-state index contributed by atoms with van der Waals surface area (Å²) in [5.41, 5.74) is 2.70. The average Bonchev–Trinajstić information content (AvgIpc) is 3.23. The van der Waals surface area contributed by atoms with E-state index in [1.165, 1.54) is 12.1 Å². The summed E-state index contributed by atoms with van der Waals surface area (Å²) in [5, 5.41) is 4.03. The van der Waals surface area contributed by atoms with Crippen LogP contribution in [0.4, 0.5) is 10.1 Å². The van der Waals surface area contributed by atoms with Gasteiger partial charge in [-0.15, -0.1) is 0 Å². The number of anilines is 1. The van der Waals surface area contributed by atoms with Crippen molar-refractivity contribution in [3.8, 4) is 11.4 Å². The lowest BCUT2D eigenvalue weighted by Gasteiger charge is -2.15. The molecule has 0 radical (unpaired) electrons. The van der Waals surface area contributed by atoms with Gasteiger partial charge in [-0.25, -0.2) is 4.39 Å². The van der Waals surface area contributed by atoms with E-state index in [4.69, 9.17) is 4.52 Å². The van der Waals surface area contributed by atoms with E-state index in [1.807, 2.05) is 31.2 Å². The van der Waals surface area contributed by atoms with Gasteiger partial charge in [0.05, 0.1) is 5.92 Å². The Labute approximate surface area is 144 Å². The summed E-state index contributed by atoms with van der Waals surface area (Å²) in [4.78, 5) is 18.4. The molecule has 3 aromatic rings. The molecule has 1 atom stereocenters. The van der Waals surface area contributed by atoms with Gasteiger partial charge in [-0.2, -0.15) is 4.98 Å². The minimum atomic E-state index is -0.327. The van der Waals surface area contributed by atoms with Crippen molar-refractivity contribution in [2.75, 3.05) is 11.4 Å². The largest absolute Gasteiger partial charge is 0.339 e. The van der Waals surface area contributed by atoms with E-state index in [9.17, 15) is 9.18 Å². The number of halogens is 1. The third kappa shape index (κ3) is 3.03. The Hall–Kier alpha value is -3.02. The number of aryl methyl sites for hydroxylation is 1. The topological polar surface area (TPSA) is 59.2 Å². The first-order valence-corrected chi connectivity index (χ1v) is 8.07. The third-order valence-electron chi connectivity index (χ3n) is 4.36. The van der Waals surface area contributed by atoms with Crippen LogP contribution in [0.25, 0.3) is 11.4 Å². The summed E-state index contributed by atoms with van der Waals surface area (Å²) in [7, 11) is 0. The minimum absolute atomic E-state index is 0.0355. The molecule has 5 nitrogen and oxygen atoms in total. The smallest absolute Gasteiger partial charge is 0.232 e. The Balaban J connectivity index is 1.54.